The number of hydrogen-bond acceptors (Lipinski definition) is 2. The van der Waals surface area contributed by atoms with Gasteiger partial charge in [0.1, 0.15) is 6.10 Å². The average molecular weight is 261 g/mol. The second-order valence-corrected chi connectivity index (χ2v) is 4.22. The van der Waals surface area contributed by atoms with Crippen molar-refractivity contribution in [3.8, 4) is 0 Å². The van der Waals surface area contributed by atoms with Gasteiger partial charge in [-0.2, -0.15) is 0 Å². The molecule has 0 aliphatic rings. The van der Waals surface area contributed by atoms with Crippen LogP contribution in [0.3, 0.4) is 0 Å². The van der Waals surface area contributed by atoms with Gasteiger partial charge < -0.3 is 9.64 Å². The highest BCUT2D eigenvalue weighted by Crippen LogP contribution is 2.25. The lowest BCUT2D eigenvalue weighted by Crippen LogP contribution is -2.20. The molecule has 100 valence electrons. The highest BCUT2D eigenvalue weighted by atomic mass is 16.5. The predicted octanol–water partition coefficient (Wildman–Crippen LogP) is 3.35. The molecule has 19 heavy (non-hydrogen) atoms. The van der Waals surface area contributed by atoms with Crippen molar-refractivity contribution >= 4 is 0 Å². The van der Waals surface area contributed by atoms with Gasteiger partial charge in [-0.25, -0.2) is 0 Å². The average Bonchev–Trinajstić information content (AvgIpc) is 2.54. The summed E-state index contributed by atoms with van der Waals surface area (Å²) in [6.45, 7) is -5.65. The first-order chi connectivity index (χ1) is 11.7. The molecule has 0 saturated carbocycles. The van der Waals surface area contributed by atoms with Crippen molar-refractivity contribution in [2.45, 2.75) is 6.10 Å². The third-order valence-corrected chi connectivity index (χ3v) is 2.80. The Morgan fingerprint density at radius 3 is 1.95 bits per heavy atom. The van der Waals surface area contributed by atoms with Gasteiger partial charge in [0.15, 0.2) is 0 Å². The van der Waals surface area contributed by atoms with Crippen LogP contribution in [0.5, 0.6) is 0 Å². The summed E-state index contributed by atoms with van der Waals surface area (Å²) in [5.41, 5.74) is 1.84. The van der Waals surface area contributed by atoms with Crippen LogP contribution in [0.2, 0.25) is 0 Å². The van der Waals surface area contributed by atoms with Gasteiger partial charge in [-0.05, 0) is 25.1 Å². The van der Waals surface area contributed by atoms with E-state index in [1.54, 1.807) is 0 Å². The molecule has 0 heterocycles. The van der Waals surface area contributed by atoms with Gasteiger partial charge in [-0.3, -0.25) is 0 Å². The summed E-state index contributed by atoms with van der Waals surface area (Å²) >= 11 is 0. The second kappa shape index (κ2) is 7.07. The fourth-order valence-electron chi connectivity index (χ4n) is 1.90. The fraction of sp³-hybridized carbons (Fsp3) is 0.294. The van der Waals surface area contributed by atoms with Crippen molar-refractivity contribution < 1.29 is 13.0 Å². The minimum absolute atomic E-state index is 0.0226. The Morgan fingerprint density at radius 2 is 1.47 bits per heavy atom. The maximum absolute atomic E-state index is 7.40. The van der Waals surface area contributed by atoms with E-state index in [4.69, 9.17) is 13.0 Å². The third kappa shape index (κ3) is 4.19. The summed E-state index contributed by atoms with van der Waals surface area (Å²) in [7, 11) is 0. The molecule has 2 aromatic carbocycles. The molecule has 2 rings (SSSR count). The first-order valence-corrected chi connectivity index (χ1v) is 6.19. The molecule has 0 saturated heterocycles. The summed E-state index contributed by atoms with van der Waals surface area (Å²) < 4.78 is 50.3. The summed E-state index contributed by atoms with van der Waals surface area (Å²) in [5, 5.41) is 0. The molecule has 0 fully saturated rings. The zero-order chi connectivity index (χ0) is 18.5. The Labute approximate surface area is 124 Å². The van der Waals surface area contributed by atoms with Crippen molar-refractivity contribution in [1.29, 1.82) is 0 Å². The molecule has 0 N–H and O–H groups in total. The minimum Gasteiger partial charge on any atom is -0.367 e. The van der Waals surface area contributed by atoms with Crippen LogP contribution < -0.4 is 0 Å². The molecule has 0 amide bonds. The van der Waals surface area contributed by atoms with Crippen molar-refractivity contribution in [1.82, 2.24) is 4.90 Å². The van der Waals surface area contributed by atoms with Crippen LogP contribution in [0.25, 0.3) is 0 Å². The Balaban J connectivity index is 2.13. The van der Waals surface area contributed by atoms with E-state index in [1.165, 1.54) is 0 Å². The Morgan fingerprint density at radius 1 is 0.947 bits per heavy atom. The van der Waals surface area contributed by atoms with E-state index < -0.39 is 20.1 Å². The normalized spacial score (nSPS) is 17.2. The molecule has 0 atom stereocenters. The summed E-state index contributed by atoms with van der Waals surface area (Å²) in [5.74, 6) is 0. The number of likely N-dealkylation sites (N-methyl/N-ethyl adjacent to an activating group) is 1. The van der Waals surface area contributed by atoms with Crippen LogP contribution in [0.15, 0.2) is 60.7 Å². The molecule has 0 bridgehead atoms. The molecule has 2 heteroatoms. The van der Waals surface area contributed by atoms with Crippen LogP contribution in [0.1, 0.15) is 25.5 Å². The highest BCUT2D eigenvalue weighted by Gasteiger charge is 2.13. The van der Waals surface area contributed by atoms with Crippen LogP contribution in [0.4, 0.5) is 0 Å². The number of hydrogen-bond donors (Lipinski definition) is 0. The number of nitrogens with zero attached hydrogens (tertiary/aromatic N) is 1. The summed E-state index contributed by atoms with van der Waals surface area (Å²) in [4.78, 5) is 0.507. The molecule has 0 aromatic heterocycles. The van der Waals surface area contributed by atoms with Crippen molar-refractivity contribution in [2.24, 2.45) is 0 Å². The predicted molar refractivity (Wildman–Crippen MR) is 79.2 cm³/mol. The minimum atomic E-state index is -2.70. The monoisotopic (exact) mass is 261 g/mol. The smallest absolute Gasteiger partial charge is 0.108 e. The largest absolute Gasteiger partial charge is 0.367 e. The standard InChI is InChI=1S/C17H21NO/c1-18(2)13-14-19-17(15-9-5-3-6-10-15)16-11-7-4-8-12-16/h3-12,17H,13-14H2,1-2H3/i1D3,2D3. The lowest BCUT2D eigenvalue weighted by molar-refractivity contribution is 0.0687. The quantitative estimate of drug-likeness (QED) is 0.790. The topological polar surface area (TPSA) is 12.5 Å². The van der Waals surface area contributed by atoms with E-state index in [-0.39, 0.29) is 13.2 Å². The molecule has 0 unspecified atom stereocenters. The van der Waals surface area contributed by atoms with Gasteiger partial charge in [-0.1, -0.05) is 60.7 Å². The van der Waals surface area contributed by atoms with Crippen molar-refractivity contribution in [3.63, 3.8) is 0 Å². The zero-order valence-corrected chi connectivity index (χ0v) is 10.6. The van der Waals surface area contributed by atoms with E-state index in [1.807, 2.05) is 60.7 Å². The van der Waals surface area contributed by atoms with Crippen LogP contribution in [-0.2, 0) is 4.74 Å². The van der Waals surface area contributed by atoms with E-state index in [0.717, 1.165) is 11.1 Å². The Bertz CT molecular complexity index is 588. The second-order valence-electron chi connectivity index (χ2n) is 4.22. The lowest BCUT2D eigenvalue weighted by atomic mass is 10.0. The van der Waals surface area contributed by atoms with E-state index in [2.05, 4.69) is 0 Å². The Hall–Kier alpha value is -1.64. The van der Waals surface area contributed by atoms with Crippen LogP contribution >= 0.6 is 0 Å². The summed E-state index contributed by atoms with van der Waals surface area (Å²) in [6, 6.07) is 19.1. The van der Waals surface area contributed by atoms with E-state index in [9.17, 15) is 0 Å². The maximum Gasteiger partial charge on any atom is 0.108 e. The van der Waals surface area contributed by atoms with E-state index in [0.29, 0.717) is 4.90 Å². The number of benzene rings is 2. The first-order valence-electron chi connectivity index (χ1n) is 9.19. The molecule has 0 aliphatic heterocycles. The van der Waals surface area contributed by atoms with Gasteiger partial charge in [0.25, 0.3) is 0 Å². The van der Waals surface area contributed by atoms with Gasteiger partial charge >= 0.3 is 0 Å². The zero-order valence-electron chi connectivity index (χ0n) is 16.6. The molecular formula is C17H21NO. The third-order valence-electron chi connectivity index (χ3n) is 2.80. The molecule has 2 aromatic rings. The number of ether oxygens (including phenoxy) is 1. The van der Waals surface area contributed by atoms with Gasteiger partial charge in [0, 0.05) is 14.8 Å². The molecule has 0 spiro atoms. The highest BCUT2D eigenvalue weighted by molar-refractivity contribution is 5.29. The maximum atomic E-state index is 7.40. The van der Waals surface area contributed by atoms with E-state index >= 15 is 0 Å². The van der Waals surface area contributed by atoms with Crippen LogP contribution in [-0.4, -0.2) is 32.0 Å². The number of rotatable bonds is 6. The fourth-order valence-corrected chi connectivity index (χ4v) is 1.90. The van der Waals surface area contributed by atoms with Crippen molar-refractivity contribution in [3.05, 3.63) is 71.8 Å². The summed E-state index contributed by atoms with van der Waals surface area (Å²) in [6.07, 6.45) is -0.391. The SMILES string of the molecule is [2H]C([2H])([2H])N(CCOC(c1ccccc1)c1ccccc1)C([2H])([2H])[2H]. The van der Waals surface area contributed by atoms with Gasteiger partial charge in [0.05, 0.1) is 6.61 Å². The molecule has 0 aliphatic carbocycles. The molecular weight excluding hydrogens is 234 g/mol. The molecule has 0 radical (unpaired) electrons. The first kappa shape index (κ1) is 7.83. The van der Waals surface area contributed by atoms with Crippen LogP contribution in [0, 0.1) is 0 Å². The van der Waals surface area contributed by atoms with Crippen molar-refractivity contribution in [2.75, 3.05) is 27.1 Å². The molecule has 2 nitrogen and oxygen atoms in total. The Kier molecular flexibility index (Phi) is 2.91. The van der Waals surface area contributed by atoms with Gasteiger partial charge in [-0.15, -0.1) is 0 Å². The lowest BCUT2D eigenvalue weighted by Gasteiger charge is -2.20. The van der Waals surface area contributed by atoms with Gasteiger partial charge in [0.2, 0.25) is 0 Å².